The normalized spacial score (nSPS) is 16.2. The number of carbonyl (C=O) groups excluding carboxylic acids is 1. The second kappa shape index (κ2) is 8.68. The number of carboxylic acids is 1. The zero-order valence-corrected chi connectivity index (χ0v) is 18.2. The van der Waals surface area contributed by atoms with Crippen molar-refractivity contribution in [2.75, 3.05) is 6.61 Å². The van der Waals surface area contributed by atoms with Gasteiger partial charge in [-0.1, -0.05) is 12.1 Å². The van der Waals surface area contributed by atoms with E-state index in [2.05, 4.69) is 10.3 Å². The van der Waals surface area contributed by atoms with Crippen molar-refractivity contribution in [1.29, 1.82) is 0 Å². The lowest BCUT2D eigenvalue weighted by Gasteiger charge is -2.29. The van der Waals surface area contributed by atoms with Crippen LogP contribution >= 0.6 is 11.3 Å². The number of nitro groups is 1. The molecule has 9 nitrogen and oxygen atoms in total. The number of carbonyl (C=O) groups is 2. The first-order valence-corrected chi connectivity index (χ1v) is 10.3. The third kappa shape index (κ3) is 4.19. The van der Waals surface area contributed by atoms with Gasteiger partial charge in [0.15, 0.2) is 0 Å². The number of carboxylic acid groups (broad SMARTS) is 1. The minimum Gasteiger partial charge on any atom is -0.478 e. The second-order valence-corrected chi connectivity index (χ2v) is 7.95. The van der Waals surface area contributed by atoms with Crippen molar-refractivity contribution in [2.24, 2.45) is 0 Å². The van der Waals surface area contributed by atoms with Crippen molar-refractivity contribution in [3.8, 4) is 0 Å². The molecule has 31 heavy (non-hydrogen) atoms. The van der Waals surface area contributed by atoms with Crippen LogP contribution < -0.4 is 5.32 Å². The molecule has 0 saturated heterocycles. The molecule has 0 aliphatic carbocycles. The van der Waals surface area contributed by atoms with Gasteiger partial charge in [0.2, 0.25) is 0 Å². The number of hydrogen-bond donors (Lipinski definition) is 2. The highest BCUT2D eigenvalue weighted by atomic mass is 32.1. The van der Waals surface area contributed by atoms with Gasteiger partial charge in [-0.3, -0.25) is 10.1 Å². The predicted molar refractivity (Wildman–Crippen MR) is 115 cm³/mol. The molecule has 1 atom stereocenters. The number of nitro benzene ring substituents is 1. The highest BCUT2D eigenvalue weighted by Crippen LogP contribution is 2.45. The van der Waals surface area contributed by atoms with E-state index in [9.17, 15) is 24.8 Å². The van der Waals surface area contributed by atoms with Gasteiger partial charge in [0, 0.05) is 35.0 Å². The number of allylic oxidation sites excluding steroid dienone is 3. The summed E-state index contributed by atoms with van der Waals surface area (Å²) in [6, 6.07) is 5.89. The van der Waals surface area contributed by atoms with Gasteiger partial charge in [0.05, 0.1) is 22.8 Å². The van der Waals surface area contributed by atoms with E-state index in [0.717, 1.165) is 11.3 Å². The van der Waals surface area contributed by atoms with Crippen molar-refractivity contribution in [1.82, 2.24) is 10.3 Å². The van der Waals surface area contributed by atoms with Crippen molar-refractivity contribution < 1.29 is 24.4 Å². The minimum atomic E-state index is -1.15. The Balaban J connectivity index is 2.22. The van der Waals surface area contributed by atoms with Crippen LogP contribution in [0, 0.1) is 17.0 Å². The van der Waals surface area contributed by atoms with Crippen molar-refractivity contribution in [3.63, 3.8) is 0 Å². The Morgan fingerprint density at radius 2 is 2.00 bits per heavy atom. The molecule has 0 fully saturated rings. The van der Waals surface area contributed by atoms with Gasteiger partial charge in [-0.05, 0) is 33.3 Å². The molecule has 0 radical (unpaired) electrons. The van der Waals surface area contributed by atoms with E-state index in [4.69, 9.17) is 4.74 Å². The summed E-state index contributed by atoms with van der Waals surface area (Å²) < 4.78 is 5.09. The van der Waals surface area contributed by atoms with Gasteiger partial charge >= 0.3 is 11.9 Å². The molecule has 0 saturated carbocycles. The monoisotopic (exact) mass is 443 g/mol. The summed E-state index contributed by atoms with van der Waals surface area (Å²) in [7, 11) is 0. The average Bonchev–Trinajstić information content (AvgIpc) is 3.08. The van der Waals surface area contributed by atoms with Crippen LogP contribution in [0.4, 0.5) is 5.69 Å². The fourth-order valence-corrected chi connectivity index (χ4v) is 4.70. The summed E-state index contributed by atoms with van der Waals surface area (Å²) in [4.78, 5) is 40.1. The molecule has 2 heterocycles. The van der Waals surface area contributed by atoms with E-state index in [1.807, 2.05) is 0 Å². The molecule has 162 valence electrons. The van der Waals surface area contributed by atoms with Crippen LogP contribution in [-0.2, 0) is 9.53 Å². The van der Waals surface area contributed by atoms with E-state index in [-0.39, 0.29) is 17.9 Å². The first-order valence-electron chi connectivity index (χ1n) is 9.46. The van der Waals surface area contributed by atoms with E-state index in [1.165, 1.54) is 18.2 Å². The smallest absolute Gasteiger partial charge is 0.350 e. The number of nitrogens with zero attached hydrogens (tertiary/aromatic N) is 2. The number of ether oxygens (including phenoxy) is 1. The number of esters is 1. The predicted octanol–water partition coefficient (Wildman–Crippen LogP) is 4.01. The molecule has 1 aliphatic rings. The molecule has 1 unspecified atom stereocenters. The number of hydrogen-bond acceptors (Lipinski definition) is 8. The summed E-state index contributed by atoms with van der Waals surface area (Å²) in [5.41, 5.74) is 2.48. The van der Waals surface area contributed by atoms with Gasteiger partial charge < -0.3 is 15.2 Å². The molecule has 1 aliphatic heterocycles. The van der Waals surface area contributed by atoms with Crippen LogP contribution in [0.3, 0.4) is 0 Å². The average molecular weight is 443 g/mol. The number of thiazole rings is 1. The molecule has 0 spiro atoms. The molecule has 3 rings (SSSR count). The Hall–Kier alpha value is -3.53. The van der Waals surface area contributed by atoms with Gasteiger partial charge in [0.25, 0.3) is 5.69 Å². The Bertz CT molecular complexity index is 1150. The summed E-state index contributed by atoms with van der Waals surface area (Å²) in [6.07, 6.45) is 0. The number of aliphatic carboxylic acids is 1. The lowest BCUT2D eigenvalue weighted by atomic mass is 9.80. The quantitative estimate of drug-likeness (QED) is 0.389. The highest BCUT2D eigenvalue weighted by molar-refractivity contribution is 7.14. The van der Waals surface area contributed by atoms with Gasteiger partial charge in [-0.25, -0.2) is 14.6 Å². The fourth-order valence-electron chi connectivity index (χ4n) is 3.61. The molecule has 1 aromatic heterocycles. The Kier molecular flexibility index (Phi) is 6.21. The molecule has 0 bridgehead atoms. The fraction of sp³-hybridized carbons (Fsp3) is 0.286. The molecular weight excluding hydrogens is 422 g/mol. The topological polar surface area (TPSA) is 132 Å². The van der Waals surface area contributed by atoms with Crippen molar-refractivity contribution >= 4 is 34.5 Å². The second-order valence-electron chi connectivity index (χ2n) is 6.95. The first-order chi connectivity index (χ1) is 14.6. The van der Waals surface area contributed by atoms with Gasteiger partial charge in [0.1, 0.15) is 9.88 Å². The summed E-state index contributed by atoms with van der Waals surface area (Å²) in [6.45, 7) is 7.03. The lowest BCUT2D eigenvalue weighted by Crippen LogP contribution is -2.27. The lowest BCUT2D eigenvalue weighted by molar-refractivity contribution is -0.384. The van der Waals surface area contributed by atoms with Crippen LogP contribution in [0.2, 0.25) is 0 Å². The maximum Gasteiger partial charge on any atom is 0.350 e. The minimum absolute atomic E-state index is 0.0617. The molecular formula is C21H21N3O6S. The zero-order valence-electron chi connectivity index (χ0n) is 17.4. The largest absolute Gasteiger partial charge is 0.478 e. The van der Waals surface area contributed by atoms with E-state index in [1.54, 1.807) is 33.8 Å². The molecule has 1 aromatic carbocycles. The van der Waals surface area contributed by atoms with Gasteiger partial charge in [-0.15, -0.1) is 11.3 Å². The molecule has 10 heteroatoms. The van der Waals surface area contributed by atoms with Crippen LogP contribution in [-0.4, -0.2) is 33.6 Å². The number of aryl methyl sites for hydroxylation is 1. The van der Waals surface area contributed by atoms with Crippen LogP contribution in [0.25, 0.3) is 5.57 Å². The van der Waals surface area contributed by atoms with Gasteiger partial charge in [-0.2, -0.15) is 0 Å². The summed E-state index contributed by atoms with van der Waals surface area (Å²) >= 11 is 1.11. The van der Waals surface area contributed by atoms with E-state index >= 15 is 0 Å². The summed E-state index contributed by atoms with van der Waals surface area (Å²) in [5, 5.41) is 24.8. The number of dihydropyridines is 1. The molecule has 2 aromatic rings. The first kappa shape index (κ1) is 22.2. The number of aromatic nitrogens is 1. The van der Waals surface area contributed by atoms with E-state index in [0.29, 0.717) is 38.1 Å². The number of nitrogens with one attached hydrogen (secondary N) is 1. The van der Waals surface area contributed by atoms with Crippen molar-refractivity contribution in [3.05, 3.63) is 72.5 Å². The third-order valence-corrected chi connectivity index (χ3v) is 6.06. The Morgan fingerprint density at radius 3 is 2.61 bits per heavy atom. The van der Waals surface area contributed by atoms with Crippen LogP contribution in [0.5, 0.6) is 0 Å². The van der Waals surface area contributed by atoms with Crippen LogP contribution in [0.1, 0.15) is 52.6 Å². The summed E-state index contributed by atoms with van der Waals surface area (Å²) in [5.74, 6) is -2.45. The maximum absolute atomic E-state index is 12.3. The zero-order chi connectivity index (χ0) is 22.9. The van der Waals surface area contributed by atoms with Crippen molar-refractivity contribution in [2.45, 2.75) is 33.6 Å². The Labute approximate surface area is 182 Å². The standard InChI is InChI=1S/C21H21N3O6S/c1-5-30-21(27)18-12(4)23-19(31-18)15-10(2)22-11(3)16(20(25)26)17(15)13-7-6-8-14(9-13)24(28)29/h6-9,17,22H,5H2,1-4H3,(H,25,26). The van der Waals surface area contributed by atoms with E-state index < -0.39 is 22.8 Å². The third-order valence-electron chi connectivity index (χ3n) is 4.89. The molecule has 2 N–H and O–H groups in total. The number of non-ortho nitro benzene ring substituents is 1. The SMILES string of the molecule is CCOC(=O)c1sc(C2=C(C)NC(C)=C(C(=O)O)C2c2cccc([N+](=O)[O-])c2)nc1C. The maximum atomic E-state index is 12.3. The highest BCUT2D eigenvalue weighted by Gasteiger charge is 2.36. The Morgan fingerprint density at radius 1 is 1.29 bits per heavy atom. The van der Waals surface area contributed by atoms with Crippen LogP contribution in [0.15, 0.2) is 41.2 Å². The number of rotatable bonds is 6. The molecule has 0 amide bonds. The number of benzene rings is 1.